The van der Waals surface area contributed by atoms with Crippen LogP contribution in [0.15, 0.2) is 42.5 Å². The molecular weight excluding hydrogens is 442 g/mol. The molecule has 3 aromatic rings. The summed E-state index contributed by atoms with van der Waals surface area (Å²) < 4.78 is 14.8. The molecular formula is C21H20FIN2O. The second-order valence-corrected chi connectivity index (χ2v) is 8.15. The summed E-state index contributed by atoms with van der Waals surface area (Å²) in [7, 11) is 0. The minimum Gasteiger partial charge on any atom is -0.358 e. The van der Waals surface area contributed by atoms with E-state index in [1.807, 2.05) is 12.1 Å². The largest absolute Gasteiger partial charge is 0.358 e. The van der Waals surface area contributed by atoms with Crippen LogP contribution in [-0.2, 0) is 24.1 Å². The fourth-order valence-electron chi connectivity index (χ4n) is 3.76. The fraction of sp³-hybridized carbons (Fsp3) is 0.286. The van der Waals surface area contributed by atoms with Gasteiger partial charge in [0.05, 0.1) is 0 Å². The summed E-state index contributed by atoms with van der Waals surface area (Å²) in [6.45, 7) is 0. The molecule has 1 unspecified atom stereocenters. The van der Waals surface area contributed by atoms with Gasteiger partial charge in [0.2, 0.25) is 5.91 Å². The molecule has 1 atom stereocenters. The van der Waals surface area contributed by atoms with Crippen LogP contribution in [0.2, 0.25) is 0 Å². The lowest BCUT2D eigenvalue weighted by Gasteiger charge is -2.23. The smallest absolute Gasteiger partial charge is 0.220 e. The van der Waals surface area contributed by atoms with Crippen LogP contribution in [0, 0.1) is 9.39 Å². The standard InChI is InChI=1S/C21H20FIN2O/c22-14-5-7-19-17(11-14)18-12-16(6-8-20(18)25-19)24-21(26)9-4-13-2-1-3-15(23)10-13/h1-3,5,7,10-11,16,25H,4,6,8-9,12H2,(H,24,26). The van der Waals surface area contributed by atoms with E-state index in [1.165, 1.54) is 20.9 Å². The summed E-state index contributed by atoms with van der Waals surface area (Å²) in [4.78, 5) is 15.7. The highest BCUT2D eigenvalue weighted by Gasteiger charge is 2.23. The number of nitrogens with one attached hydrogen (secondary N) is 2. The molecule has 1 aliphatic carbocycles. The lowest BCUT2D eigenvalue weighted by atomic mass is 9.91. The second kappa shape index (κ2) is 7.39. The van der Waals surface area contributed by atoms with Crippen molar-refractivity contribution in [2.75, 3.05) is 0 Å². The van der Waals surface area contributed by atoms with Crippen LogP contribution < -0.4 is 5.32 Å². The first-order chi connectivity index (χ1) is 12.6. The molecule has 0 fully saturated rings. The van der Waals surface area contributed by atoms with Crippen molar-refractivity contribution in [1.29, 1.82) is 0 Å². The number of aromatic nitrogens is 1. The predicted octanol–water partition coefficient (Wildman–Crippen LogP) is 4.52. The number of aromatic amines is 1. The van der Waals surface area contributed by atoms with Gasteiger partial charge in [-0.3, -0.25) is 4.79 Å². The van der Waals surface area contributed by atoms with Gasteiger partial charge in [0, 0.05) is 32.6 Å². The maximum Gasteiger partial charge on any atom is 0.220 e. The van der Waals surface area contributed by atoms with Crippen molar-refractivity contribution in [2.45, 2.75) is 38.1 Å². The second-order valence-electron chi connectivity index (χ2n) is 6.91. The van der Waals surface area contributed by atoms with Gasteiger partial charge in [-0.25, -0.2) is 4.39 Å². The maximum atomic E-state index is 13.6. The molecule has 1 aliphatic rings. The molecule has 2 N–H and O–H groups in total. The molecule has 4 rings (SSSR count). The SMILES string of the molecule is O=C(CCc1cccc(I)c1)NC1CCc2[nH]c3ccc(F)cc3c2C1. The van der Waals surface area contributed by atoms with Crippen molar-refractivity contribution in [1.82, 2.24) is 10.3 Å². The van der Waals surface area contributed by atoms with E-state index in [4.69, 9.17) is 0 Å². The first-order valence-electron chi connectivity index (χ1n) is 8.91. The maximum absolute atomic E-state index is 13.6. The molecule has 134 valence electrons. The minimum absolute atomic E-state index is 0.0864. The molecule has 1 aromatic heterocycles. The average Bonchev–Trinajstić information content (AvgIpc) is 2.97. The number of halogens is 2. The lowest BCUT2D eigenvalue weighted by molar-refractivity contribution is -0.121. The lowest BCUT2D eigenvalue weighted by Crippen LogP contribution is -2.38. The summed E-state index contributed by atoms with van der Waals surface area (Å²) >= 11 is 2.29. The quantitative estimate of drug-likeness (QED) is 0.551. The minimum atomic E-state index is -0.219. The molecule has 1 amide bonds. The zero-order valence-electron chi connectivity index (χ0n) is 14.3. The number of carbonyl (C=O) groups is 1. The van der Waals surface area contributed by atoms with E-state index < -0.39 is 0 Å². The van der Waals surface area contributed by atoms with Gasteiger partial charge in [-0.15, -0.1) is 0 Å². The van der Waals surface area contributed by atoms with Crippen molar-refractivity contribution in [2.24, 2.45) is 0 Å². The highest BCUT2D eigenvalue weighted by atomic mass is 127. The van der Waals surface area contributed by atoms with Crippen LogP contribution in [0.4, 0.5) is 4.39 Å². The molecule has 1 heterocycles. The Kier molecular flexibility index (Phi) is 4.98. The van der Waals surface area contributed by atoms with E-state index in [-0.39, 0.29) is 17.8 Å². The van der Waals surface area contributed by atoms with Crippen molar-refractivity contribution in [3.8, 4) is 0 Å². The highest BCUT2D eigenvalue weighted by molar-refractivity contribution is 14.1. The average molecular weight is 462 g/mol. The van der Waals surface area contributed by atoms with Crippen LogP contribution in [0.1, 0.15) is 29.7 Å². The number of hydrogen-bond donors (Lipinski definition) is 2. The highest BCUT2D eigenvalue weighted by Crippen LogP contribution is 2.29. The van der Waals surface area contributed by atoms with E-state index in [9.17, 15) is 9.18 Å². The number of H-pyrrole nitrogens is 1. The summed E-state index contributed by atoms with van der Waals surface area (Å²) in [6.07, 6.45) is 3.80. The third-order valence-corrected chi connectivity index (χ3v) is 5.72. The predicted molar refractivity (Wildman–Crippen MR) is 110 cm³/mol. The Balaban J connectivity index is 1.40. The zero-order valence-corrected chi connectivity index (χ0v) is 16.5. The number of amides is 1. The van der Waals surface area contributed by atoms with Gasteiger partial charge in [-0.05, 0) is 89.7 Å². The van der Waals surface area contributed by atoms with Gasteiger partial charge in [0.25, 0.3) is 0 Å². The monoisotopic (exact) mass is 462 g/mol. The van der Waals surface area contributed by atoms with Crippen molar-refractivity contribution >= 4 is 39.4 Å². The first-order valence-corrected chi connectivity index (χ1v) is 9.99. The van der Waals surface area contributed by atoms with E-state index in [0.29, 0.717) is 6.42 Å². The summed E-state index contributed by atoms with van der Waals surface area (Å²) in [6, 6.07) is 13.2. The third-order valence-electron chi connectivity index (χ3n) is 5.04. The van der Waals surface area contributed by atoms with Gasteiger partial charge < -0.3 is 10.3 Å². The van der Waals surface area contributed by atoms with Crippen molar-refractivity contribution < 1.29 is 9.18 Å². The van der Waals surface area contributed by atoms with E-state index in [0.717, 1.165) is 42.1 Å². The van der Waals surface area contributed by atoms with E-state index in [1.54, 1.807) is 12.1 Å². The molecule has 0 saturated heterocycles. The van der Waals surface area contributed by atoms with Gasteiger partial charge in [0.15, 0.2) is 0 Å². The van der Waals surface area contributed by atoms with Crippen LogP contribution in [-0.4, -0.2) is 16.9 Å². The molecule has 2 aromatic carbocycles. The molecule has 0 aliphatic heterocycles. The molecule has 26 heavy (non-hydrogen) atoms. The summed E-state index contributed by atoms with van der Waals surface area (Å²) in [5, 5.41) is 4.11. The van der Waals surface area contributed by atoms with Crippen molar-refractivity contribution in [3.05, 3.63) is 68.7 Å². The Bertz CT molecular complexity index is 966. The molecule has 0 saturated carbocycles. The fourth-order valence-corrected chi connectivity index (χ4v) is 4.37. The number of hydrogen-bond acceptors (Lipinski definition) is 1. The Labute approximate surface area is 165 Å². The van der Waals surface area contributed by atoms with Crippen molar-refractivity contribution in [3.63, 3.8) is 0 Å². The van der Waals surface area contributed by atoms with Gasteiger partial charge in [0.1, 0.15) is 5.82 Å². The number of carbonyl (C=O) groups excluding carboxylic acids is 1. The Hall–Kier alpha value is -1.89. The van der Waals surface area contributed by atoms with Gasteiger partial charge in [-0.2, -0.15) is 0 Å². The molecule has 3 nitrogen and oxygen atoms in total. The zero-order chi connectivity index (χ0) is 18.1. The number of fused-ring (bicyclic) bond motifs is 3. The number of rotatable bonds is 4. The third kappa shape index (κ3) is 3.77. The van der Waals surface area contributed by atoms with Crippen LogP contribution in [0.3, 0.4) is 0 Å². The number of benzene rings is 2. The molecule has 0 radical (unpaired) electrons. The molecule has 5 heteroatoms. The topological polar surface area (TPSA) is 44.9 Å². The summed E-state index contributed by atoms with van der Waals surface area (Å²) in [5.74, 6) is -0.133. The van der Waals surface area contributed by atoms with Crippen LogP contribution in [0.25, 0.3) is 10.9 Å². The molecule has 0 bridgehead atoms. The normalized spacial score (nSPS) is 16.5. The van der Waals surface area contributed by atoms with Crippen LogP contribution in [0.5, 0.6) is 0 Å². The van der Waals surface area contributed by atoms with E-state index >= 15 is 0 Å². The van der Waals surface area contributed by atoms with Gasteiger partial charge >= 0.3 is 0 Å². The Morgan fingerprint density at radius 1 is 1.27 bits per heavy atom. The van der Waals surface area contributed by atoms with E-state index in [2.05, 4.69) is 45.0 Å². The van der Waals surface area contributed by atoms with Crippen LogP contribution >= 0.6 is 22.6 Å². The first kappa shape index (κ1) is 17.5. The Morgan fingerprint density at radius 2 is 2.15 bits per heavy atom. The summed E-state index contributed by atoms with van der Waals surface area (Å²) in [5.41, 5.74) is 4.48. The van der Waals surface area contributed by atoms with Gasteiger partial charge in [-0.1, -0.05) is 12.1 Å². The molecule has 0 spiro atoms. The number of aryl methyl sites for hydroxylation is 2. The Morgan fingerprint density at radius 3 is 3.00 bits per heavy atom.